The molecule has 0 spiro atoms. The van der Waals surface area contributed by atoms with Crippen LogP contribution in [-0.4, -0.2) is 36.7 Å². The van der Waals surface area contributed by atoms with Crippen molar-refractivity contribution in [1.29, 1.82) is 0 Å². The molecule has 0 radical (unpaired) electrons. The molecular formula is C65H129NO4. The minimum Gasteiger partial charge on any atom is -0.465 e. The molecular weight excluding hydrogens is 859 g/mol. The van der Waals surface area contributed by atoms with Crippen LogP contribution in [0.1, 0.15) is 336 Å². The number of carbonyl (C=O) groups excluding carboxylic acids is 2. The summed E-state index contributed by atoms with van der Waals surface area (Å²) in [6, 6.07) is -0.217. The van der Waals surface area contributed by atoms with Gasteiger partial charge in [-0.3, -0.25) is 14.9 Å². The molecule has 0 rings (SSSR count). The second-order valence-corrected chi connectivity index (χ2v) is 28.0. The zero-order valence-corrected chi connectivity index (χ0v) is 50.8. The Bertz CT molecular complexity index is 1220. The second-order valence-electron chi connectivity index (χ2n) is 28.0. The summed E-state index contributed by atoms with van der Waals surface area (Å²) >= 11 is 0. The summed E-state index contributed by atoms with van der Waals surface area (Å²) in [5, 5.41) is 3.55. The van der Waals surface area contributed by atoms with Crippen LogP contribution in [0, 0.1) is 45.8 Å². The minimum absolute atomic E-state index is 0.0333. The first-order chi connectivity index (χ1) is 32.9. The van der Waals surface area contributed by atoms with Crippen LogP contribution in [0.4, 0.5) is 0 Å². The summed E-state index contributed by atoms with van der Waals surface area (Å²) in [5.74, 6) is 3.35. The fraction of sp³-hybridized carbons (Fsp3) is 0.969. The van der Waals surface area contributed by atoms with Gasteiger partial charge in [0.15, 0.2) is 0 Å². The highest BCUT2D eigenvalue weighted by Crippen LogP contribution is 2.39. The SMILES string of the molecule is CCCCCCC(C)CC(CCCCCCCCOC(=O)C(CCCCC(C)(C)C)NC(C)(C)C)C(CCCCCCCCCOC(=O)C(CCCCC(C)(C)C)CC(C)(C)C)C(C)CCCCCC. The van der Waals surface area contributed by atoms with Crippen molar-refractivity contribution in [1.82, 2.24) is 5.32 Å². The van der Waals surface area contributed by atoms with Gasteiger partial charge in [0.25, 0.3) is 0 Å². The first-order valence-corrected chi connectivity index (χ1v) is 31.0. The molecule has 0 heterocycles. The molecule has 0 bridgehead atoms. The summed E-state index contributed by atoms with van der Waals surface area (Å²) in [5.41, 5.74) is 0.713. The zero-order chi connectivity index (χ0) is 52.9. The average molecular weight is 989 g/mol. The van der Waals surface area contributed by atoms with Gasteiger partial charge in [0, 0.05) is 5.54 Å². The number of nitrogens with one attached hydrogen (secondary N) is 1. The molecule has 418 valence electrons. The van der Waals surface area contributed by atoms with E-state index in [0.29, 0.717) is 24.0 Å². The fourth-order valence-electron chi connectivity index (χ4n) is 11.2. The third kappa shape index (κ3) is 43.3. The third-order valence-electron chi connectivity index (χ3n) is 15.2. The first-order valence-electron chi connectivity index (χ1n) is 31.0. The average Bonchev–Trinajstić information content (AvgIpc) is 3.25. The Morgan fingerprint density at radius 2 is 0.843 bits per heavy atom. The van der Waals surface area contributed by atoms with E-state index in [2.05, 4.69) is 116 Å². The maximum atomic E-state index is 13.2. The molecule has 0 saturated heterocycles. The quantitative estimate of drug-likeness (QED) is 0.0486. The van der Waals surface area contributed by atoms with Crippen LogP contribution in [0.5, 0.6) is 0 Å². The lowest BCUT2D eigenvalue weighted by Gasteiger charge is -2.34. The van der Waals surface area contributed by atoms with Crippen molar-refractivity contribution >= 4 is 11.9 Å². The lowest BCUT2D eigenvalue weighted by molar-refractivity contribution is -0.150. The van der Waals surface area contributed by atoms with E-state index in [9.17, 15) is 9.59 Å². The highest BCUT2D eigenvalue weighted by atomic mass is 16.5. The van der Waals surface area contributed by atoms with Crippen LogP contribution in [0.15, 0.2) is 0 Å². The molecule has 5 nitrogen and oxygen atoms in total. The molecule has 0 aliphatic heterocycles. The molecule has 0 fully saturated rings. The first kappa shape index (κ1) is 68.9. The van der Waals surface area contributed by atoms with E-state index in [-0.39, 0.29) is 34.9 Å². The lowest BCUT2D eigenvalue weighted by atomic mass is 9.71. The van der Waals surface area contributed by atoms with Gasteiger partial charge in [0.05, 0.1) is 19.1 Å². The van der Waals surface area contributed by atoms with Gasteiger partial charge in [-0.05, 0) is 118 Å². The fourth-order valence-corrected chi connectivity index (χ4v) is 11.2. The van der Waals surface area contributed by atoms with Crippen molar-refractivity contribution in [2.75, 3.05) is 13.2 Å². The van der Waals surface area contributed by atoms with Crippen LogP contribution >= 0.6 is 0 Å². The van der Waals surface area contributed by atoms with Crippen LogP contribution in [0.2, 0.25) is 0 Å². The molecule has 0 aromatic carbocycles. The Labute approximate surface area is 440 Å². The molecule has 1 N–H and O–H groups in total. The maximum absolute atomic E-state index is 13.2. The van der Waals surface area contributed by atoms with E-state index in [4.69, 9.17) is 9.47 Å². The summed E-state index contributed by atoms with van der Waals surface area (Å²) in [4.78, 5) is 26.4. The van der Waals surface area contributed by atoms with Crippen molar-refractivity contribution in [3.8, 4) is 0 Å². The van der Waals surface area contributed by atoms with Gasteiger partial charge >= 0.3 is 11.9 Å². The van der Waals surface area contributed by atoms with E-state index in [0.717, 1.165) is 81.5 Å². The molecule has 0 aliphatic rings. The summed E-state index contributed by atoms with van der Waals surface area (Å²) in [6.07, 6.45) is 43.8. The molecule has 70 heavy (non-hydrogen) atoms. The highest BCUT2D eigenvalue weighted by Gasteiger charge is 2.29. The van der Waals surface area contributed by atoms with Crippen molar-refractivity contribution in [2.24, 2.45) is 45.8 Å². The number of unbranched alkanes of at least 4 members (excludes halogenated alkanes) is 19. The molecule has 5 heteroatoms. The molecule has 0 amide bonds. The topological polar surface area (TPSA) is 64.6 Å². The lowest BCUT2D eigenvalue weighted by Crippen LogP contribution is -2.48. The Kier molecular flexibility index (Phi) is 39.6. The van der Waals surface area contributed by atoms with Gasteiger partial charge in [0.2, 0.25) is 0 Å². The van der Waals surface area contributed by atoms with Gasteiger partial charge in [0.1, 0.15) is 6.04 Å². The normalized spacial score (nSPS) is 15.4. The smallest absolute Gasteiger partial charge is 0.323 e. The Morgan fingerprint density at radius 3 is 1.33 bits per heavy atom. The number of carbonyl (C=O) groups is 2. The number of rotatable bonds is 45. The molecule has 0 aromatic rings. The van der Waals surface area contributed by atoms with Crippen molar-refractivity contribution in [2.45, 2.75) is 347 Å². The van der Waals surface area contributed by atoms with E-state index < -0.39 is 0 Å². The van der Waals surface area contributed by atoms with E-state index in [1.165, 1.54) is 167 Å². The summed E-state index contributed by atoms with van der Waals surface area (Å²) < 4.78 is 11.8. The Balaban J connectivity index is 5.17. The Morgan fingerprint density at radius 1 is 0.429 bits per heavy atom. The molecule has 6 unspecified atom stereocenters. The van der Waals surface area contributed by atoms with Crippen molar-refractivity contribution in [3.63, 3.8) is 0 Å². The molecule has 0 aliphatic carbocycles. The van der Waals surface area contributed by atoms with E-state index in [1.807, 2.05) is 0 Å². The van der Waals surface area contributed by atoms with Gasteiger partial charge in [-0.25, -0.2) is 0 Å². The van der Waals surface area contributed by atoms with Crippen LogP contribution < -0.4 is 5.32 Å². The van der Waals surface area contributed by atoms with E-state index >= 15 is 0 Å². The van der Waals surface area contributed by atoms with Crippen LogP contribution in [-0.2, 0) is 19.1 Å². The van der Waals surface area contributed by atoms with Gasteiger partial charge < -0.3 is 9.47 Å². The largest absolute Gasteiger partial charge is 0.465 e. The van der Waals surface area contributed by atoms with Gasteiger partial charge in [-0.2, -0.15) is 0 Å². The number of esters is 2. The number of ether oxygens (including phenoxy) is 2. The second kappa shape index (κ2) is 40.2. The van der Waals surface area contributed by atoms with Gasteiger partial charge in [-0.15, -0.1) is 0 Å². The summed E-state index contributed by atoms with van der Waals surface area (Å²) in [7, 11) is 0. The van der Waals surface area contributed by atoms with Gasteiger partial charge in [-0.1, -0.05) is 257 Å². The monoisotopic (exact) mass is 988 g/mol. The number of hydrogen-bond donors (Lipinski definition) is 1. The van der Waals surface area contributed by atoms with Crippen LogP contribution in [0.3, 0.4) is 0 Å². The maximum Gasteiger partial charge on any atom is 0.323 e. The van der Waals surface area contributed by atoms with Crippen molar-refractivity contribution in [3.05, 3.63) is 0 Å². The summed E-state index contributed by atoms with van der Waals surface area (Å²) in [6.45, 7) is 38.0. The highest BCUT2D eigenvalue weighted by molar-refractivity contribution is 5.75. The van der Waals surface area contributed by atoms with Crippen molar-refractivity contribution < 1.29 is 19.1 Å². The standard InChI is InChI=1S/C65H129NO4/c1-17-19-21-32-42-54(3)52-56(44-34-28-25-27-31-41-51-70-61(68)59(66-65(14,15)16)47-37-39-49-63(8,9)10)58(55(4)43-33-22-20-18-2)46-35-29-24-23-26-30-40-50-69-60(67)57(53-64(11,12)13)45-36-38-48-62(5,6)7/h54-59,66H,17-53H2,1-16H3. The van der Waals surface area contributed by atoms with Crippen LogP contribution in [0.25, 0.3) is 0 Å². The predicted molar refractivity (Wildman–Crippen MR) is 309 cm³/mol. The number of hydrogen-bond acceptors (Lipinski definition) is 5. The molecule has 0 aromatic heterocycles. The molecule has 0 saturated carbocycles. The minimum atomic E-state index is -0.217. The van der Waals surface area contributed by atoms with E-state index in [1.54, 1.807) is 0 Å². The molecule has 6 atom stereocenters. The predicted octanol–water partition coefficient (Wildman–Crippen LogP) is 20.8. The third-order valence-corrected chi connectivity index (χ3v) is 15.2. The zero-order valence-electron chi connectivity index (χ0n) is 50.8. The Hall–Kier alpha value is -1.10.